The maximum Gasteiger partial charge on any atom is 0.318 e. The molecule has 5 nitrogen and oxygen atoms in total. The van der Waals surface area contributed by atoms with Crippen LogP contribution in [-0.2, 0) is 0 Å². The summed E-state index contributed by atoms with van der Waals surface area (Å²) in [6, 6.07) is 0.0185. The standard InChI is InChI=1S/C5H12N2O.C5H12N2/c1-6(2)5(8)7(3)4;1-5(6-2)7(3)4/h1-4H3;1-4H3. The number of urea groups is 1. The van der Waals surface area contributed by atoms with Crippen molar-refractivity contribution in [3.05, 3.63) is 0 Å². The van der Waals surface area contributed by atoms with Gasteiger partial charge in [0.2, 0.25) is 0 Å². The number of hydrogen-bond acceptors (Lipinski definition) is 2. The molecule has 5 heteroatoms. The second kappa shape index (κ2) is 8.08. The van der Waals surface area contributed by atoms with Gasteiger partial charge in [0.05, 0.1) is 5.84 Å². The highest BCUT2D eigenvalue weighted by Crippen LogP contribution is 1.83. The van der Waals surface area contributed by atoms with Crippen molar-refractivity contribution in [3.63, 3.8) is 0 Å². The highest BCUT2D eigenvalue weighted by Gasteiger charge is 2.02. The van der Waals surface area contributed by atoms with Crippen LogP contribution in [-0.4, -0.2) is 75.9 Å². The number of carbonyl (C=O) groups is 1. The minimum atomic E-state index is 0.0185. The van der Waals surface area contributed by atoms with Crippen molar-refractivity contribution in [2.75, 3.05) is 49.3 Å². The second-order valence-corrected chi connectivity index (χ2v) is 3.74. The summed E-state index contributed by atoms with van der Waals surface area (Å²) in [6.07, 6.45) is 0. The summed E-state index contributed by atoms with van der Waals surface area (Å²) in [5, 5.41) is 0. The number of amidine groups is 1. The Labute approximate surface area is 93.4 Å². The molecule has 0 fully saturated rings. The van der Waals surface area contributed by atoms with E-state index < -0.39 is 0 Å². The fraction of sp³-hybridized carbons (Fsp3) is 0.800. The van der Waals surface area contributed by atoms with Gasteiger partial charge in [-0.25, -0.2) is 4.79 Å². The number of aliphatic imine (C=N–C) groups is 1. The van der Waals surface area contributed by atoms with Crippen molar-refractivity contribution in [3.8, 4) is 0 Å². The molecule has 0 aromatic heterocycles. The molecule has 0 aromatic carbocycles. The van der Waals surface area contributed by atoms with Gasteiger partial charge in [0.15, 0.2) is 0 Å². The summed E-state index contributed by atoms with van der Waals surface area (Å²) < 4.78 is 0. The first-order chi connectivity index (χ1) is 6.73. The van der Waals surface area contributed by atoms with E-state index in [1.807, 2.05) is 25.9 Å². The van der Waals surface area contributed by atoms with Crippen molar-refractivity contribution in [2.24, 2.45) is 4.99 Å². The van der Waals surface area contributed by atoms with Crippen LogP contribution in [0.3, 0.4) is 0 Å². The van der Waals surface area contributed by atoms with Crippen LogP contribution in [0.1, 0.15) is 6.92 Å². The van der Waals surface area contributed by atoms with Gasteiger partial charge in [-0.3, -0.25) is 4.99 Å². The summed E-state index contributed by atoms with van der Waals surface area (Å²) in [7, 11) is 12.6. The number of hydrogen-bond donors (Lipinski definition) is 0. The van der Waals surface area contributed by atoms with E-state index in [1.165, 1.54) is 9.80 Å². The number of nitrogens with zero attached hydrogens (tertiary/aromatic N) is 4. The maximum absolute atomic E-state index is 10.7. The van der Waals surface area contributed by atoms with Gasteiger partial charge in [0.1, 0.15) is 0 Å². The van der Waals surface area contributed by atoms with Crippen molar-refractivity contribution < 1.29 is 4.79 Å². The molecular weight excluding hydrogens is 192 g/mol. The summed E-state index contributed by atoms with van der Waals surface area (Å²) >= 11 is 0. The predicted octanol–water partition coefficient (Wildman–Crippen LogP) is 0.826. The van der Waals surface area contributed by atoms with Crippen molar-refractivity contribution in [1.29, 1.82) is 0 Å². The molecule has 0 saturated carbocycles. The van der Waals surface area contributed by atoms with Gasteiger partial charge >= 0.3 is 6.03 Å². The molecule has 0 atom stereocenters. The summed E-state index contributed by atoms with van der Waals surface area (Å²) in [4.78, 5) is 19.7. The molecule has 0 saturated heterocycles. The molecule has 0 aliphatic heterocycles. The largest absolute Gasteiger partial charge is 0.367 e. The quantitative estimate of drug-likeness (QED) is 0.444. The maximum atomic E-state index is 10.7. The molecule has 0 unspecified atom stereocenters. The van der Waals surface area contributed by atoms with Crippen LogP contribution in [0, 0.1) is 0 Å². The number of rotatable bonds is 0. The Balaban J connectivity index is 0. The average molecular weight is 216 g/mol. The molecule has 0 heterocycles. The van der Waals surface area contributed by atoms with E-state index in [1.54, 1.807) is 35.2 Å². The molecule has 0 N–H and O–H groups in total. The lowest BCUT2D eigenvalue weighted by Gasteiger charge is -2.16. The Morgan fingerprint density at radius 2 is 1.20 bits per heavy atom. The Hall–Kier alpha value is -1.26. The molecule has 0 aliphatic rings. The molecule has 0 aliphatic carbocycles. The van der Waals surface area contributed by atoms with Crippen LogP contribution in [0.4, 0.5) is 4.79 Å². The molecule has 15 heavy (non-hydrogen) atoms. The summed E-state index contributed by atoms with van der Waals surface area (Å²) in [5.41, 5.74) is 0. The van der Waals surface area contributed by atoms with Crippen LogP contribution < -0.4 is 0 Å². The zero-order chi connectivity index (χ0) is 12.6. The highest BCUT2D eigenvalue weighted by molar-refractivity contribution is 5.78. The van der Waals surface area contributed by atoms with Crippen LogP contribution in [0.15, 0.2) is 4.99 Å². The summed E-state index contributed by atoms with van der Waals surface area (Å²) in [6.45, 7) is 1.97. The summed E-state index contributed by atoms with van der Waals surface area (Å²) in [5.74, 6) is 1.06. The van der Waals surface area contributed by atoms with Crippen LogP contribution in [0.2, 0.25) is 0 Å². The molecule has 0 radical (unpaired) electrons. The lowest BCUT2D eigenvalue weighted by atomic mass is 10.6. The smallest absolute Gasteiger partial charge is 0.318 e. The van der Waals surface area contributed by atoms with E-state index in [9.17, 15) is 4.79 Å². The van der Waals surface area contributed by atoms with E-state index in [-0.39, 0.29) is 6.03 Å². The normalized spacial score (nSPS) is 10.0. The Bertz CT molecular complexity index is 199. The first-order valence-electron chi connectivity index (χ1n) is 4.73. The van der Waals surface area contributed by atoms with Crippen molar-refractivity contribution >= 4 is 11.9 Å². The van der Waals surface area contributed by atoms with Gasteiger partial charge in [-0.1, -0.05) is 0 Å². The fourth-order valence-corrected chi connectivity index (χ4v) is 0.600. The van der Waals surface area contributed by atoms with E-state index in [0.717, 1.165) is 5.84 Å². The van der Waals surface area contributed by atoms with E-state index >= 15 is 0 Å². The fourth-order valence-electron chi connectivity index (χ4n) is 0.600. The first kappa shape index (κ1) is 16.2. The lowest BCUT2D eigenvalue weighted by Crippen LogP contribution is -2.33. The third-order valence-corrected chi connectivity index (χ3v) is 1.74. The van der Waals surface area contributed by atoms with E-state index in [2.05, 4.69) is 4.99 Å². The van der Waals surface area contributed by atoms with Gasteiger partial charge in [-0.2, -0.15) is 0 Å². The predicted molar refractivity (Wildman–Crippen MR) is 65.5 cm³/mol. The van der Waals surface area contributed by atoms with Crippen molar-refractivity contribution in [1.82, 2.24) is 14.7 Å². The van der Waals surface area contributed by atoms with Gasteiger partial charge in [-0.15, -0.1) is 0 Å². The third-order valence-electron chi connectivity index (χ3n) is 1.74. The Morgan fingerprint density at radius 3 is 1.20 bits per heavy atom. The topological polar surface area (TPSA) is 39.2 Å². The average Bonchev–Trinajstić information content (AvgIpc) is 2.15. The van der Waals surface area contributed by atoms with Gasteiger partial charge in [-0.05, 0) is 6.92 Å². The molecule has 0 spiro atoms. The molecule has 0 aromatic rings. The first-order valence-corrected chi connectivity index (χ1v) is 4.73. The van der Waals surface area contributed by atoms with Crippen molar-refractivity contribution in [2.45, 2.75) is 6.92 Å². The lowest BCUT2D eigenvalue weighted by molar-refractivity contribution is 0.191. The molecular formula is C10H24N4O. The molecule has 90 valence electrons. The van der Waals surface area contributed by atoms with E-state index in [0.29, 0.717) is 0 Å². The minimum absolute atomic E-state index is 0.0185. The Kier molecular flexibility index (Phi) is 8.72. The molecule has 0 bridgehead atoms. The van der Waals surface area contributed by atoms with Crippen LogP contribution in [0.5, 0.6) is 0 Å². The third kappa shape index (κ3) is 9.05. The number of amides is 2. The van der Waals surface area contributed by atoms with Gasteiger partial charge in [0.25, 0.3) is 0 Å². The second-order valence-electron chi connectivity index (χ2n) is 3.74. The van der Waals surface area contributed by atoms with Crippen LogP contribution in [0.25, 0.3) is 0 Å². The van der Waals surface area contributed by atoms with E-state index in [4.69, 9.17) is 0 Å². The van der Waals surface area contributed by atoms with Crippen LogP contribution >= 0.6 is 0 Å². The monoisotopic (exact) mass is 216 g/mol. The SMILES string of the molecule is CN(C)C(=O)N(C)C.CN=C(C)N(C)C. The zero-order valence-electron chi connectivity index (χ0n) is 11.2. The Morgan fingerprint density at radius 1 is 0.867 bits per heavy atom. The minimum Gasteiger partial charge on any atom is -0.367 e. The highest BCUT2D eigenvalue weighted by atomic mass is 16.2. The molecule has 2 amide bonds. The number of carbonyl (C=O) groups excluding carboxylic acids is 1. The zero-order valence-corrected chi connectivity index (χ0v) is 11.2. The molecule has 0 rings (SSSR count). The van der Waals surface area contributed by atoms with Gasteiger partial charge in [0, 0.05) is 49.3 Å². The van der Waals surface area contributed by atoms with Gasteiger partial charge < -0.3 is 14.7 Å².